The van der Waals surface area contributed by atoms with Gasteiger partial charge in [0, 0.05) is 6.07 Å². The molecule has 4 nitrogen and oxygen atoms in total. The maximum absolute atomic E-state index is 12.9. The van der Waals surface area contributed by atoms with Crippen molar-refractivity contribution in [3.8, 4) is 11.5 Å². The van der Waals surface area contributed by atoms with Crippen LogP contribution in [0, 0.1) is 17.0 Å². The van der Waals surface area contributed by atoms with Gasteiger partial charge in [-0.15, -0.1) is 0 Å². The molecule has 1 aromatic heterocycles. The molecule has 92 valence electrons. The molecule has 0 aliphatic rings. The second-order valence-corrected chi connectivity index (χ2v) is 3.47. The van der Waals surface area contributed by atoms with Crippen LogP contribution < -0.4 is 10.5 Å². The summed E-state index contributed by atoms with van der Waals surface area (Å²) in [6.45, 7) is 0. The average molecular weight is 249 g/mol. The van der Waals surface area contributed by atoms with E-state index in [1.807, 2.05) is 0 Å². The van der Waals surface area contributed by atoms with Gasteiger partial charge in [-0.2, -0.15) is 0 Å². The van der Waals surface area contributed by atoms with E-state index in [1.165, 1.54) is 24.4 Å². The zero-order valence-electron chi connectivity index (χ0n) is 9.15. The number of ether oxygens (including phenoxy) is 1. The number of amidine groups is 1. The molecule has 0 unspecified atom stereocenters. The predicted molar refractivity (Wildman–Crippen MR) is 61.7 cm³/mol. The van der Waals surface area contributed by atoms with E-state index in [-0.39, 0.29) is 11.6 Å². The number of pyridine rings is 1. The molecule has 18 heavy (non-hydrogen) atoms. The van der Waals surface area contributed by atoms with E-state index in [2.05, 4.69) is 4.98 Å². The predicted octanol–water partition coefficient (Wildman–Crippen LogP) is 2.44. The number of nitrogens with two attached hydrogens (primary N) is 1. The van der Waals surface area contributed by atoms with Crippen LogP contribution in [0.2, 0.25) is 0 Å². The van der Waals surface area contributed by atoms with Crippen molar-refractivity contribution in [3.63, 3.8) is 0 Å². The summed E-state index contributed by atoms with van der Waals surface area (Å²) in [5.41, 5.74) is 5.55. The molecule has 0 saturated carbocycles. The normalized spacial score (nSPS) is 10.1. The zero-order valence-corrected chi connectivity index (χ0v) is 9.15. The van der Waals surface area contributed by atoms with Crippen LogP contribution in [0.25, 0.3) is 0 Å². The van der Waals surface area contributed by atoms with Gasteiger partial charge in [0.15, 0.2) is 11.6 Å². The lowest BCUT2D eigenvalue weighted by atomic mass is 10.3. The average Bonchev–Trinajstić information content (AvgIpc) is 2.34. The molecule has 3 N–H and O–H groups in total. The first-order chi connectivity index (χ1) is 8.56. The molecular formula is C12H9F2N3O. The number of hydrogen-bond donors (Lipinski definition) is 2. The largest absolute Gasteiger partial charge is 0.456 e. The minimum absolute atomic E-state index is 0.158. The van der Waals surface area contributed by atoms with Gasteiger partial charge in [-0.05, 0) is 24.3 Å². The Hall–Kier alpha value is -2.50. The zero-order chi connectivity index (χ0) is 13.1. The molecule has 0 amide bonds. The standard InChI is InChI=1S/C12H9F2N3O/c13-9-3-1-7(5-10(9)14)18-8-2-4-11(12(15)16)17-6-8/h1-6H,(H3,15,16). The van der Waals surface area contributed by atoms with Crippen molar-refractivity contribution in [3.05, 3.63) is 53.9 Å². The molecule has 1 aromatic carbocycles. The van der Waals surface area contributed by atoms with Crippen LogP contribution >= 0.6 is 0 Å². The van der Waals surface area contributed by atoms with Crippen LogP contribution in [0.1, 0.15) is 5.69 Å². The SMILES string of the molecule is N=C(N)c1ccc(Oc2ccc(F)c(F)c2)cn1. The lowest BCUT2D eigenvalue weighted by molar-refractivity contribution is 0.460. The van der Waals surface area contributed by atoms with Gasteiger partial charge in [-0.3, -0.25) is 5.41 Å². The van der Waals surface area contributed by atoms with E-state index in [4.69, 9.17) is 15.9 Å². The number of rotatable bonds is 3. The molecule has 0 radical (unpaired) electrons. The Morgan fingerprint density at radius 3 is 2.39 bits per heavy atom. The summed E-state index contributed by atoms with van der Waals surface area (Å²) in [5.74, 6) is -1.58. The third kappa shape index (κ3) is 2.60. The molecule has 2 rings (SSSR count). The summed E-state index contributed by atoms with van der Waals surface area (Å²) in [5, 5.41) is 7.16. The molecule has 1 heterocycles. The fourth-order valence-electron chi connectivity index (χ4n) is 1.28. The summed E-state index contributed by atoms with van der Waals surface area (Å²) in [6, 6.07) is 6.25. The van der Waals surface area contributed by atoms with E-state index >= 15 is 0 Å². The van der Waals surface area contributed by atoms with Crippen LogP contribution in [0.3, 0.4) is 0 Å². The Kier molecular flexibility index (Phi) is 3.18. The number of nitrogen functional groups attached to an aromatic ring is 1. The Balaban J connectivity index is 2.18. The number of hydrogen-bond acceptors (Lipinski definition) is 3. The van der Waals surface area contributed by atoms with Crippen molar-refractivity contribution in [1.29, 1.82) is 5.41 Å². The van der Waals surface area contributed by atoms with Gasteiger partial charge in [0.2, 0.25) is 0 Å². The Bertz CT molecular complexity index is 584. The van der Waals surface area contributed by atoms with Gasteiger partial charge in [0.1, 0.15) is 23.0 Å². The number of nitrogens with one attached hydrogen (secondary N) is 1. The maximum atomic E-state index is 12.9. The lowest BCUT2D eigenvalue weighted by Gasteiger charge is -2.06. The highest BCUT2D eigenvalue weighted by Crippen LogP contribution is 2.22. The molecule has 0 atom stereocenters. The number of benzene rings is 1. The smallest absolute Gasteiger partial charge is 0.162 e. The van der Waals surface area contributed by atoms with Crippen molar-refractivity contribution in [1.82, 2.24) is 4.98 Å². The van der Waals surface area contributed by atoms with Gasteiger partial charge in [-0.1, -0.05) is 0 Å². The summed E-state index contributed by atoms with van der Waals surface area (Å²) in [6.07, 6.45) is 1.35. The fourth-order valence-corrected chi connectivity index (χ4v) is 1.28. The third-order valence-corrected chi connectivity index (χ3v) is 2.14. The Morgan fingerprint density at radius 1 is 1.11 bits per heavy atom. The number of halogens is 2. The highest BCUT2D eigenvalue weighted by atomic mass is 19.2. The monoisotopic (exact) mass is 249 g/mol. The molecule has 6 heteroatoms. The van der Waals surface area contributed by atoms with Gasteiger partial charge >= 0.3 is 0 Å². The number of nitrogens with zero attached hydrogens (tertiary/aromatic N) is 1. The van der Waals surface area contributed by atoms with Crippen LogP contribution in [-0.4, -0.2) is 10.8 Å². The summed E-state index contributed by atoms with van der Waals surface area (Å²) in [7, 11) is 0. The van der Waals surface area contributed by atoms with Crippen molar-refractivity contribution in [2.24, 2.45) is 5.73 Å². The van der Waals surface area contributed by atoms with Gasteiger partial charge in [0.25, 0.3) is 0 Å². The Morgan fingerprint density at radius 2 is 1.83 bits per heavy atom. The minimum atomic E-state index is -0.985. The molecule has 2 aromatic rings. The molecule has 0 aliphatic heterocycles. The van der Waals surface area contributed by atoms with Crippen LogP contribution in [-0.2, 0) is 0 Å². The third-order valence-electron chi connectivity index (χ3n) is 2.14. The fraction of sp³-hybridized carbons (Fsp3) is 0. The van der Waals surface area contributed by atoms with Crippen molar-refractivity contribution in [2.45, 2.75) is 0 Å². The summed E-state index contributed by atoms with van der Waals surface area (Å²) >= 11 is 0. The molecular weight excluding hydrogens is 240 g/mol. The van der Waals surface area contributed by atoms with E-state index in [0.717, 1.165) is 12.1 Å². The second kappa shape index (κ2) is 4.79. The van der Waals surface area contributed by atoms with Crippen molar-refractivity contribution in [2.75, 3.05) is 0 Å². The minimum Gasteiger partial charge on any atom is -0.456 e. The summed E-state index contributed by atoms with van der Waals surface area (Å²) in [4.78, 5) is 3.87. The van der Waals surface area contributed by atoms with Crippen molar-refractivity contribution < 1.29 is 13.5 Å². The Labute approximate surface area is 102 Å². The lowest BCUT2D eigenvalue weighted by Crippen LogP contribution is -2.12. The van der Waals surface area contributed by atoms with E-state index in [1.54, 1.807) is 0 Å². The maximum Gasteiger partial charge on any atom is 0.162 e. The van der Waals surface area contributed by atoms with E-state index < -0.39 is 11.6 Å². The quantitative estimate of drug-likeness (QED) is 0.648. The van der Waals surface area contributed by atoms with Crippen molar-refractivity contribution >= 4 is 5.84 Å². The van der Waals surface area contributed by atoms with E-state index in [0.29, 0.717) is 11.4 Å². The molecule has 0 fully saturated rings. The highest BCUT2D eigenvalue weighted by molar-refractivity contribution is 5.92. The van der Waals surface area contributed by atoms with Gasteiger partial charge in [0.05, 0.1) is 6.20 Å². The first-order valence-electron chi connectivity index (χ1n) is 4.99. The first kappa shape index (κ1) is 12.0. The molecule has 0 aliphatic carbocycles. The van der Waals surface area contributed by atoms with Crippen LogP contribution in [0.5, 0.6) is 11.5 Å². The van der Waals surface area contributed by atoms with Gasteiger partial charge in [-0.25, -0.2) is 13.8 Å². The topological polar surface area (TPSA) is 72.0 Å². The number of aromatic nitrogens is 1. The highest BCUT2D eigenvalue weighted by Gasteiger charge is 2.05. The van der Waals surface area contributed by atoms with Crippen LogP contribution in [0.15, 0.2) is 36.5 Å². The van der Waals surface area contributed by atoms with Crippen LogP contribution in [0.4, 0.5) is 8.78 Å². The molecule has 0 bridgehead atoms. The second-order valence-electron chi connectivity index (χ2n) is 3.47. The van der Waals surface area contributed by atoms with Gasteiger partial charge < -0.3 is 10.5 Å². The summed E-state index contributed by atoms with van der Waals surface area (Å²) < 4.78 is 30.9. The molecule has 0 spiro atoms. The van der Waals surface area contributed by atoms with E-state index in [9.17, 15) is 8.78 Å². The first-order valence-corrected chi connectivity index (χ1v) is 4.99. The molecule has 0 saturated heterocycles.